The van der Waals surface area contributed by atoms with Crippen LogP contribution in [0.25, 0.3) is 0 Å². The number of likely N-dealkylation sites (tertiary alicyclic amines) is 1. The second kappa shape index (κ2) is 7.45. The normalized spacial score (nSPS) is 15.9. The molecular weight excluding hydrogens is 292 g/mol. The molecule has 2 rings (SSSR count). The van der Waals surface area contributed by atoms with Crippen LogP contribution < -0.4 is 10.1 Å². The van der Waals surface area contributed by atoms with E-state index >= 15 is 0 Å². The Bertz CT molecular complexity index is 470. The van der Waals surface area contributed by atoms with Gasteiger partial charge in [0.15, 0.2) is 0 Å². The van der Waals surface area contributed by atoms with Gasteiger partial charge >= 0.3 is 6.03 Å². The minimum Gasteiger partial charge on any atom is -0.474 e. The number of piperidine rings is 1. The number of aryl methyl sites for hydroxylation is 2. The molecule has 0 radical (unpaired) electrons. The van der Waals surface area contributed by atoms with Crippen LogP contribution in [0.3, 0.4) is 0 Å². The molecule has 0 bridgehead atoms. The lowest BCUT2D eigenvalue weighted by Crippen LogP contribution is -2.46. The number of nitrogens with zero attached hydrogens (tertiary/aromatic N) is 3. The number of alkyl halides is 1. The van der Waals surface area contributed by atoms with Crippen molar-refractivity contribution in [2.24, 2.45) is 0 Å². The fourth-order valence-electron chi connectivity index (χ4n) is 2.36. The van der Waals surface area contributed by atoms with Crippen LogP contribution in [-0.2, 0) is 0 Å². The van der Waals surface area contributed by atoms with Crippen LogP contribution in [0.5, 0.6) is 5.88 Å². The van der Waals surface area contributed by atoms with Gasteiger partial charge in [0.2, 0.25) is 5.88 Å². The molecule has 0 aromatic carbocycles. The van der Waals surface area contributed by atoms with Gasteiger partial charge < -0.3 is 15.0 Å². The highest BCUT2D eigenvalue weighted by molar-refractivity contribution is 6.18. The van der Waals surface area contributed by atoms with Crippen molar-refractivity contribution in [2.45, 2.75) is 32.8 Å². The van der Waals surface area contributed by atoms with E-state index in [1.807, 2.05) is 19.9 Å². The van der Waals surface area contributed by atoms with Gasteiger partial charge in [-0.25, -0.2) is 9.78 Å². The number of carbonyl (C=O) groups is 1. The first-order valence-corrected chi connectivity index (χ1v) is 7.69. The van der Waals surface area contributed by atoms with E-state index in [0.717, 1.165) is 18.5 Å². The van der Waals surface area contributed by atoms with Crippen molar-refractivity contribution in [3.05, 3.63) is 17.6 Å². The van der Waals surface area contributed by atoms with Gasteiger partial charge in [0.05, 0.1) is 0 Å². The van der Waals surface area contributed by atoms with Gasteiger partial charge in [-0.3, -0.25) is 0 Å². The molecule has 2 amide bonds. The molecule has 0 atom stereocenters. The first-order chi connectivity index (χ1) is 10.1. The van der Waals surface area contributed by atoms with Crippen molar-refractivity contribution in [3.8, 4) is 5.88 Å². The van der Waals surface area contributed by atoms with Crippen LogP contribution in [0.1, 0.15) is 24.4 Å². The number of hydrogen-bond donors (Lipinski definition) is 1. The Kier molecular flexibility index (Phi) is 5.61. The fourth-order valence-corrected chi connectivity index (χ4v) is 2.45. The van der Waals surface area contributed by atoms with Crippen LogP contribution in [-0.4, -0.2) is 52.5 Å². The molecule has 0 spiro atoms. The van der Waals surface area contributed by atoms with Crippen molar-refractivity contribution >= 4 is 17.6 Å². The van der Waals surface area contributed by atoms with E-state index in [0.29, 0.717) is 37.2 Å². The lowest BCUT2D eigenvalue weighted by molar-refractivity contribution is 0.107. The van der Waals surface area contributed by atoms with E-state index in [1.54, 1.807) is 4.90 Å². The van der Waals surface area contributed by atoms with E-state index in [2.05, 4.69) is 15.3 Å². The Balaban J connectivity index is 1.82. The maximum absolute atomic E-state index is 11.8. The summed E-state index contributed by atoms with van der Waals surface area (Å²) in [5.74, 6) is 1.76. The molecular formula is C14H21ClN4O2. The first kappa shape index (κ1) is 15.8. The minimum atomic E-state index is -0.0529. The number of rotatable bonds is 4. The number of halogens is 1. The number of nitrogens with one attached hydrogen (secondary N) is 1. The van der Waals surface area contributed by atoms with Crippen molar-refractivity contribution in [2.75, 3.05) is 25.5 Å². The largest absolute Gasteiger partial charge is 0.474 e. The highest BCUT2D eigenvalue weighted by atomic mass is 35.5. The average molecular weight is 313 g/mol. The zero-order chi connectivity index (χ0) is 15.2. The molecule has 0 aliphatic carbocycles. The summed E-state index contributed by atoms with van der Waals surface area (Å²) in [6, 6.07) is 1.79. The summed E-state index contributed by atoms with van der Waals surface area (Å²) in [7, 11) is 0. The molecule has 6 nitrogen and oxygen atoms in total. The summed E-state index contributed by atoms with van der Waals surface area (Å²) in [6.07, 6.45) is 1.70. The molecule has 1 aromatic heterocycles. The van der Waals surface area contributed by atoms with Gasteiger partial charge in [0.25, 0.3) is 0 Å². The molecule has 7 heteroatoms. The number of ether oxygens (including phenoxy) is 1. The fraction of sp³-hybridized carbons (Fsp3) is 0.643. The van der Waals surface area contributed by atoms with Gasteiger partial charge in [-0.15, -0.1) is 11.6 Å². The second-order valence-electron chi connectivity index (χ2n) is 5.12. The third kappa shape index (κ3) is 4.74. The van der Waals surface area contributed by atoms with E-state index in [1.165, 1.54) is 0 Å². The summed E-state index contributed by atoms with van der Waals surface area (Å²) in [5.41, 5.74) is 0.899. The summed E-state index contributed by atoms with van der Waals surface area (Å²) in [4.78, 5) is 22.1. The number of amides is 2. The monoisotopic (exact) mass is 312 g/mol. The summed E-state index contributed by atoms with van der Waals surface area (Å²) in [6.45, 7) is 5.63. The third-order valence-electron chi connectivity index (χ3n) is 3.33. The Hall–Kier alpha value is -1.56. The zero-order valence-electron chi connectivity index (χ0n) is 12.4. The van der Waals surface area contributed by atoms with E-state index in [-0.39, 0.29) is 12.1 Å². The van der Waals surface area contributed by atoms with Crippen LogP contribution in [0.2, 0.25) is 0 Å². The van der Waals surface area contributed by atoms with E-state index in [9.17, 15) is 4.79 Å². The van der Waals surface area contributed by atoms with Gasteiger partial charge in [-0.05, 0) is 13.8 Å². The smallest absolute Gasteiger partial charge is 0.317 e. The minimum absolute atomic E-state index is 0.0529. The van der Waals surface area contributed by atoms with Crippen LogP contribution in [0.4, 0.5) is 4.79 Å². The molecule has 0 unspecified atom stereocenters. The van der Waals surface area contributed by atoms with Crippen LogP contribution in [0.15, 0.2) is 6.07 Å². The average Bonchev–Trinajstić information content (AvgIpc) is 2.44. The molecule has 1 saturated heterocycles. The van der Waals surface area contributed by atoms with Crippen molar-refractivity contribution in [1.82, 2.24) is 20.2 Å². The van der Waals surface area contributed by atoms with Crippen LogP contribution in [0, 0.1) is 13.8 Å². The van der Waals surface area contributed by atoms with Crippen molar-refractivity contribution in [1.29, 1.82) is 0 Å². The number of hydrogen-bond acceptors (Lipinski definition) is 4. The van der Waals surface area contributed by atoms with E-state index in [4.69, 9.17) is 16.3 Å². The van der Waals surface area contributed by atoms with Gasteiger partial charge in [-0.1, -0.05) is 0 Å². The van der Waals surface area contributed by atoms with Crippen molar-refractivity contribution in [3.63, 3.8) is 0 Å². The SMILES string of the molecule is Cc1cc(OC2CCN(C(=O)NCCCl)CC2)nc(C)n1. The van der Waals surface area contributed by atoms with E-state index < -0.39 is 0 Å². The molecule has 1 N–H and O–H groups in total. The van der Waals surface area contributed by atoms with Gasteiger partial charge in [0, 0.05) is 50.1 Å². The number of aromatic nitrogens is 2. The lowest BCUT2D eigenvalue weighted by Gasteiger charge is -2.31. The Morgan fingerprint density at radius 1 is 1.43 bits per heavy atom. The maximum atomic E-state index is 11.8. The van der Waals surface area contributed by atoms with Crippen molar-refractivity contribution < 1.29 is 9.53 Å². The molecule has 1 fully saturated rings. The number of urea groups is 1. The predicted octanol–water partition coefficient (Wildman–Crippen LogP) is 1.89. The molecule has 116 valence electrons. The highest BCUT2D eigenvalue weighted by Crippen LogP contribution is 2.18. The molecule has 1 aromatic rings. The highest BCUT2D eigenvalue weighted by Gasteiger charge is 2.24. The topological polar surface area (TPSA) is 67.3 Å². The zero-order valence-corrected chi connectivity index (χ0v) is 13.2. The third-order valence-corrected chi connectivity index (χ3v) is 3.52. The molecule has 2 heterocycles. The van der Waals surface area contributed by atoms with Crippen LogP contribution >= 0.6 is 11.6 Å². The second-order valence-corrected chi connectivity index (χ2v) is 5.50. The van der Waals surface area contributed by atoms with Gasteiger partial charge in [-0.2, -0.15) is 4.98 Å². The summed E-state index contributed by atoms with van der Waals surface area (Å²) < 4.78 is 5.90. The Morgan fingerprint density at radius 2 is 2.14 bits per heavy atom. The molecule has 0 saturated carbocycles. The molecule has 21 heavy (non-hydrogen) atoms. The Morgan fingerprint density at radius 3 is 2.76 bits per heavy atom. The summed E-state index contributed by atoms with van der Waals surface area (Å²) >= 11 is 5.56. The quantitative estimate of drug-likeness (QED) is 0.862. The van der Waals surface area contributed by atoms with Gasteiger partial charge in [0.1, 0.15) is 11.9 Å². The number of carbonyl (C=O) groups excluding carboxylic acids is 1. The molecule has 1 aliphatic heterocycles. The lowest BCUT2D eigenvalue weighted by atomic mass is 10.1. The standard InChI is InChI=1S/C14H21ClN4O2/c1-10-9-13(18-11(2)17-10)21-12-3-7-19(8-4-12)14(20)16-6-5-15/h9,12H,3-8H2,1-2H3,(H,16,20). The summed E-state index contributed by atoms with van der Waals surface area (Å²) in [5, 5.41) is 2.78. The first-order valence-electron chi connectivity index (χ1n) is 7.16. The predicted molar refractivity (Wildman–Crippen MR) is 80.8 cm³/mol. The Labute approximate surface area is 129 Å². The molecule has 1 aliphatic rings. The maximum Gasteiger partial charge on any atom is 0.317 e.